The number of benzene rings is 1. The first kappa shape index (κ1) is 18.9. The molecule has 0 bridgehead atoms. The summed E-state index contributed by atoms with van der Waals surface area (Å²) in [7, 11) is -3.75. The van der Waals surface area contributed by atoms with Crippen LogP contribution in [0.4, 0.5) is 5.69 Å². The fraction of sp³-hybridized carbons (Fsp3) is 0.294. The molecule has 6 nitrogen and oxygen atoms in total. The van der Waals surface area contributed by atoms with Crippen LogP contribution in [0.5, 0.6) is 0 Å². The molecule has 1 unspecified atom stereocenters. The number of rotatable bonds is 5. The Morgan fingerprint density at radius 3 is 2.65 bits per heavy atom. The third kappa shape index (κ3) is 3.91. The van der Waals surface area contributed by atoms with Crippen LogP contribution in [0.25, 0.3) is 0 Å². The minimum Gasteiger partial charge on any atom is -0.325 e. The van der Waals surface area contributed by atoms with Crippen molar-refractivity contribution in [2.45, 2.75) is 29.5 Å². The van der Waals surface area contributed by atoms with E-state index in [-0.39, 0.29) is 10.1 Å². The molecule has 9 heteroatoms. The fourth-order valence-electron chi connectivity index (χ4n) is 2.86. The molecule has 3 rings (SSSR count). The van der Waals surface area contributed by atoms with E-state index in [0.29, 0.717) is 35.8 Å². The van der Waals surface area contributed by atoms with Crippen LogP contribution >= 0.6 is 22.9 Å². The van der Waals surface area contributed by atoms with Crippen LogP contribution in [0.1, 0.15) is 18.4 Å². The summed E-state index contributed by atoms with van der Waals surface area (Å²) in [5.41, 5.74) is 1.42. The lowest BCUT2D eigenvalue weighted by molar-refractivity contribution is -0.119. The quantitative estimate of drug-likeness (QED) is 0.820. The van der Waals surface area contributed by atoms with Gasteiger partial charge in [-0.25, -0.2) is 8.42 Å². The molecule has 1 atom stereocenters. The van der Waals surface area contributed by atoms with Gasteiger partial charge in [0.05, 0.1) is 16.8 Å². The van der Waals surface area contributed by atoms with Crippen molar-refractivity contribution in [2.24, 2.45) is 0 Å². The summed E-state index contributed by atoms with van der Waals surface area (Å²) in [6, 6.07) is 11.2. The molecule has 2 heterocycles. The van der Waals surface area contributed by atoms with Crippen molar-refractivity contribution < 1.29 is 13.2 Å². The normalized spacial score (nSPS) is 17.8. The van der Waals surface area contributed by atoms with Crippen molar-refractivity contribution >= 4 is 44.6 Å². The van der Waals surface area contributed by atoms with Gasteiger partial charge in [-0.15, -0.1) is 11.3 Å². The van der Waals surface area contributed by atoms with Gasteiger partial charge in [0.15, 0.2) is 0 Å². The first-order valence-electron chi connectivity index (χ1n) is 7.96. The number of amides is 1. The third-order valence-corrected chi connectivity index (χ3v) is 7.73. The van der Waals surface area contributed by atoms with Crippen molar-refractivity contribution in [3.05, 3.63) is 46.3 Å². The number of sulfonamides is 1. The van der Waals surface area contributed by atoms with Crippen LogP contribution in [-0.4, -0.2) is 31.2 Å². The number of nitrogens with one attached hydrogen (secondary N) is 1. The molecule has 26 heavy (non-hydrogen) atoms. The maximum atomic E-state index is 12.8. The molecule has 1 aliphatic heterocycles. The third-order valence-electron chi connectivity index (χ3n) is 4.12. The Labute approximate surface area is 161 Å². The van der Waals surface area contributed by atoms with Gasteiger partial charge in [0.2, 0.25) is 5.91 Å². The Morgan fingerprint density at radius 2 is 2.04 bits per heavy atom. The molecule has 0 spiro atoms. The summed E-state index contributed by atoms with van der Waals surface area (Å²) in [6.45, 7) is 0.303. The van der Waals surface area contributed by atoms with E-state index in [4.69, 9.17) is 16.9 Å². The summed E-state index contributed by atoms with van der Waals surface area (Å²) in [5.74, 6) is -0.359. The zero-order valence-electron chi connectivity index (χ0n) is 13.7. The second-order valence-corrected chi connectivity index (χ2v) is 9.69. The van der Waals surface area contributed by atoms with Crippen LogP contribution in [0.2, 0.25) is 4.34 Å². The van der Waals surface area contributed by atoms with Crippen LogP contribution < -0.4 is 5.32 Å². The van der Waals surface area contributed by atoms with Gasteiger partial charge in [-0.2, -0.15) is 9.57 Å². The average Bonchev–Trinajstić information content (AvgIpc) is 3.26. The highest BCUT2D eigenvalue weighted by molar-refractivity contribution is 7.91. The second-order valence-electron chi connectivity index (χ2n) is 5.85. The molecular formula is C17H16ClN3O3S2. The van der Waals surface area contributed by atoms with Gasteiger partial charge in [-0.3, -0.25) is 4.79 Å². The Balaban J connectivity index is 1.75. The SMILES string of the molecule is N#CCc1ccc(NC(=O)C2CCCN2S(=O)(=O)c2ccc(Cl)s2)cc1. The molecule has 1 aromatic heterocycles. The van der Waals surface area contributed by atoms with Crippen LogP contribution in [0.3, 0.4) is 0 Å². The summed E-state index contributed by atoms with van der Waals surface area (Å²) in [6.07, 6.45) is 1.39. The number of carbonyl (C=O) groups is 1. The van der Waals surface area contributed by atoms with E-state index in [1.807, 2.05) is 0 Å². The minimum atomic E-state index is -3.75. The number of nitrogens with zero attached hydrogens (tertiary/aromatic N) is 2. The van der Waals surface area contributed by atoms with E-state index in [2.05, 4.69) is 11.4 Å². The largest absolute Gasteiger partial charge is 0.325 e. The molecule has 1 aromatic carbocycles. The zero-order chi connectivity index (χ0) is 18.7. The number of hydrogen-bond acceptors (Lipinski definition) is 5. The molecule has 2 aromatic rings. The topological polar surface area (TPSA) is 90.3 Å². The van der Waals surface area contributed by atoms with Crippen molar-refractivity contribution in [3.63, 3.8) is 0 Å². The lowest BCUT2D eigenvalue weighted by Gasteiger charge is -2.22. The standard InChI is InChI=1S/C17H16ClN3O3S2/c18-15-7-8-16(25-15)26(23,24)21-11-1-2-14(21)17(22)20-13-5-3-12(4-6-13)9-10-19/h3-8,14H,1-2,9,11H2,(H,20,22). The number of nitriles is 1. The van der Waals surface area contributed by atoms with E-state index in [1.165, 1.54) is 16.4 Å². The first-order valence-corrected chi connectivity index (χ1v) is 10.6. The Kier molecular flexibility index (Phi) is 5.63. The lowest BCUT2D eigenvalue weighted by atomic mass is 10.1. The molecule has 1 amide bonds. The number of thiophene rings is 1. The molecule has 136 valence electrons. The number of halogens is 1. The highest BCUT2D eigenvalue weighted by Gasteiger charge is 2.40. The van der Waals surface area contributed by atoms with Gasteiger partial charge in [-0.05, 0) is 42.7 Å². The number of carbonyl (C=O) groups excluding carboxylic acids is 1. The fourth-order valence-corrected chi connectivity index (χ4v) is 6.13. The number of anilines is 1. The Morgan fingerprint density at radius 1 is 1.31 bits per heavy atom. The van der Waals surface area contributed by atoms with Crippen LogP contribution in [-0.2, 0) is 21.2 Å². The van der Waals surface area contributed by atoms with Gasteiger partial charge in [0.1, 0.15) is 10.3 Å². The average molecular weight is 410 g/mol. The molecule has 1 fully saturated rings. The van der Waals surface area contributed by atoms with E-state index >= 15 is 0 Å². The molecular weight excluding hydrogens is 394 g/mol. The van der Waals surface area contributed by atoms with Crippen molar-refractivity contribution in [1.82, 2.24) is 4.31 Å². The van der Waals surface area contributed by atoms with Crippen LogP contribution in [0, 0.1) is 11.3 Å². The van der Waals surface area contributed by atoms with Crippen LogP contribution in [0.15, 0.2) is 40.6 Å². The van der Waals surface area contributed by atoms with Gasteiger partial charge >= 0.3 is 0 Å². The van der Waals surface area contributed by atoms with Gasteiger partial charge in [-0.1, -0.05) is 23.7 Å². The predicted octanol–water partition coefficient (Wildman–Crippen LogP) is 3.26. The summed E-state index contributed by atoms with van der Waals surface area (Å²) in [4.78, 5) is 12.6. The van der Waals surface area contributed by atoms with E-state index in [1.54, 1.807) is 24.3 Å². The highest BCUT2D eigenvalue weighted by Crippen LogP contribution is 2.32. The number of hydrogen-bond donors (Lipinski definition) is 1. The van der Waals surface area contributed by atoms with E-state index < -0.39 is 16.1 Å². The highest BCUT2D eigenvalue weighted by atomic mass is 35.5. The maximum Gasteiger partial charge on any atom is 0.253 e. The summed E-state index contributed by atoms with van der Waals surface area (Å²) in [5, 5.41) is 11.5. The molecule has 1 saturated heterocycles. The first-order chi connectivity index (χ1) is 12.4. The zero-order valence-corrected chi connectivity index (χ0v) is 16.1. The monoisotopic (exact) mass is 409 g/mol. The maximum absolute atomic E-state index is 12.8. The smallest absolute Gasteiger partial charge is 0.253 e. The lowest BCUT2D eigenvalue weighted by Crippen LogP contribution is -2.42. The van der Waals surface area contributed by atoms with Crippen molar-refractivity contribution in [2.75, 3.05) is 11.9 Å². The molecule has 0 saturated carbocycles. The summed E-state index contributed by atoms with van der Waals surface area (Å²) < 4.78 is 27.4. The predicted molar refractivity (Wildman–Crippen MR) is 101 cm³/mol. The Bertz CT molecular complexity index is 948. The molecule has 1 N–H and O–H groups in total. The van der Waals surface area contributed by atoms with Gasteiger partial charge in [0.25, 0.3) is 10.0 Å². The summed E-state index contributed by atoms with van der Waals surface area (Å²) >= 11 is 6.83. The Hall–Kier alpha value is -1.92. The van der Waals surface area contributed by atoms with E-state index in [0.717, 1.165) is 16.9 Å². The minimum absolute atomic E-state index is 0.142. The molecule has 0 radical (unpaired) electrons. The molecule has 1 aliphatic rings. The van der Waals surface area contributed by atoms with Gasteiger partial charge < -0.3 is 5.32 Å². The van der Waals surface area contributed by atoms with Crippen molar-refractivity contribution in [3.8, 4) is 6.07 Å². The molecule has 0 aliphatic carbocycles. The second kappa shape index (κ2) is 7.76. The van der Waals surface area contributed by atoms with Gasteiger partial charge in [0, 0.05) is 12.2 Å². The van der Waals surface area contributed by atoms with E-state index in [9.17, 15) is 13.2 Å². The van der Waals surface area contributed by atoms with Crippen molar-refractivity contribution in [1.29, 1.82) is 5.26 Å².